The lowest BCUT2D eigenvalue weighted by atomic mass is 10.1. The molecule has 0 saturated heterocycles. The van der Waals surface area contributed by atoms with Crippen LogP contribution < -0.4 is 15.4 Å². The lowest BCUT2D eigenvalue weighted by Gasteiger charge is -2.19. The summed E-state index contributed by atoms with van der Waals surface area (Å²) in [6.45, 7) is 10.6. The van der Waals surface area contributed by atoms with Gasteiger partial charge in [-0.05, 0) is 56.2 Å². The van der Waals surface area contributed by atoms with E-state index < -0.39 is 18.6 Å². The molecule has 1 aromatic heterocycles. The maximum absolute atomic E-state index is 13.7. The van der Waals surface area contributed by atoms with Crippen LogP contribution in [0.2, 0.25) is 5.02 Å². The van der Waals surface area contributed by atoms with E-state index in [1.807, 2.05) is 0 Å². The summed E-state index contributed by atoms with van der Waals surface area (Å²) in [6.07, 6.45) is 0. The van der Waals surface area contributed by atoms with Crippen molar-refractivity contribution in [2.24, 2.45) is 5.92 Å². The first kappa shape index (κ1) is 26.3. The maximum Gasteiger partial charge on any atom is 0.302 e. The third kappa shape index (κ3) is 7.25. The second-order valence-electron chi connectivity index (χ2n) is 8.18. The Labute approximate surface area is 197 Å². The van der Waals surface area contributed by atoms with Crippen molar-refractivity contribution < 1.29 is 23.1 Å². The molecule has 2 rings (SSSR count). The summed E-state index contributed by atoms with van der Waals surface area (Å²) in [5, 5.41) is 5.78. The van der Waals surface area contributed by atoms with Crippen molar-refractivity contribution in [3.05, 3.63) is 64.3 Å². The number of halogens is 3. The molecule has 2 aromatic rings. The first-order valence-electron chi connectivity index (χ1n) is 10.4. The van der Waals surface area contributed by atoms with Crippen molar-refractivity contribution in [3.8, 4) is 5.75 Å². The second kappa shape index (κ2) is 10.7. The molecule has 0 aliphatic rings. The number of aromatic nitrogens is 1. The van der Waals surface area contributed by atoms with E-state index in [1.54, 1.807) is 39.8 Å². The summed E-state index contributed by atoms with van der Waals surface area (Å²) in [6, 6.07) is 7.15. The van der Waals surface area contributed by atoms with Gasteiger partial charge in [-0.15, -0.1) is 0 Å². The Hall–Kier alpha value is -3.00. The molecule has 0 radical (unpaired) electrons. The van der Waals surface area contributed by atoms with E-state index in [0.717, 1.165) is 0 Å². The minimum absolute atomic E-state index is 0.179. The van der Waals surface area contributed by atoms with Gasteiger partial charge in [-0.1, -0.05) is 38.1 Å². The first-order valence-corrected chi connectivity index (χ1v) is 10.7. The second-order valence-corrected chi connectivity index (χ2v) is 8.59. The van der Waals surface area contributed by atoms with Crippen LogP contribution in [-0.2, 0) is 4.79 Å². The predicted octanol–water partition coefficient (Wildman–Crippen LogP) is 5.72. The van der Waals surface area contributed by atoms with Gasteiger partial charge in [0.25, 0.3) is 5.91 Å². The third-order valence-electron chi connectivity index (χ3n) is 4.82. The van der Waals surface area contributed by atoms with Crippen LogP contribution in [0.3, 0.4) is 0 Å². The number of hydrogen-bond donors (Lipinski definition) is 2. The van der Waals surface area contributed by atoms with Crippen LogP contribution in [0, 0.1) is 12.8 Å². The van der Waals surface area contributed by atoms with Crippen LogP contribution in [0.4, 0.5) is 14.6 Å². The molecule has 1 atom stereocenters. The molecule has 2 amide bonds. The summed E-state index contributed by atoms with van der Waals surface area (Å²) in [5.74, 6) is -3.50. The molecule has 0 saturated carbocycles. The van der Waals surface area contributed by atoms with Crippen LogP contribution in [0.1, 0.15) is 55.4 Å². The average Bonchev–Trinajstić information content (AvgIpc) is 2.71. The number of aryl methyl sites for hydroxylation is 1. The number of nitrogens with zero attached hydrogens (tertiary/aromatic N) is 1. The number of carbonyl (C=O) groups excluding carboxylic acids is 2. The average molecular weight is 480 g/mol. The number of pyridine rings is 1. The molecular weight excluding hydrogens is 452 g/mol. The number of anilines is 1. The number of ether oxygens (including phenoxy) is 1. The van der Waals surface area contributed by atoms with Crippen LogP contribution in [0.25, 0.3) is 0 Å². The number of nitrogens with one attached hydrogen (secondary N) is 2. The molecule has 0 aliphatic heterocycles. The highest BCUT2D eigenvalue weighted by Crippen LogP contribution is 2.29. The fraction of sp³-hybridized carbons (Fsp3) is 0.375. The molecule has 0 aliphatic carbocycles. The minimum Gasteiger partial charge on any atom is -0.487 e. The van der Waals surface area contributed by atoms with Gasteiger partial charge in [0.15, 0.2) is 6.61 Å². The Balaban J connectivity index is 2.11. The molecule has 0 spiro atoms. The first-order chi connectivity index (χ1) is 15.3. The van der Waals surface area contributed by atoms with Gasteiger partial charge in [0.05, 0.1) is 6.04 Å². The normalized spacial score (nSPS) is 12.3. The van der Waals surface area contributed by atoms with Gasteiger partial charge < -0.3 is 15.4 Å². The van der Waals surface area contributed by atoms with E-state index in [0.29, 0.717) is 16.8 Å². The summed E-state index contributed by atoms with van der Waals surface area (Å²) < 4.78 is 32.5. The quantitative estimate of drug-likeness (QED) is 0.451. The zero-order valence-electron chi connectivity index (χ0n) is 19.3. The number of amides is 2. The fourth-order valence-electron chi connectivity index (χ4n) is 2.74. The van der Waals surface area contributed by atoms with Crippen molar-refractivity contribution in [1.82, 2.24) is 10.3 Å². The number of alkyl halides is 2. The monoisotopic (exact) mass is 479 g/mol. The number of hydrogen-bond acceptors (Lipinski definition) is 4. The Morgan fingerprint density at radius 2 is 1.88 bits per heavy atom. The van der Waals surface area contributed by atoms with E-state index in [1.165, 1.54) is 25.1 Å². The van der Waals surface area contributed by atoms with Crippen LogP contribution >= 0.6 is 11.6 Å². The van der Waals surface area contributed by atoms with E-state index in [9.17, 15) is 18.4 Å². The van der Waals surface area contributed by atoms with Crippen LogP contribution in [-0.4, -0.2) is 29.3 Å². The summed E-state index contributed by atoms with van der Waals surface area (Å²) in [5.41, 5.74) is 1.19. The van der Waals surface area contributed by atoms with Crippen molar-refractivity contribution in [2.45, 2.75) is 46.6 Å². The number of benzene rings is 1. The highest BCUT2D eigenvalue weighted by Gasteiger charge is 2.31. The lowest BCUT2D eigenvalue weighted by Crippen LogP contribution is -2.27. The van der Waals surface area contributed by atoms with Gasteiger partial charge in [0, 0.05) is 22.2 Å². The molecule has 0 bridgehead atoms. The third-order valence-corrected chi connectivity index (χ3v) is 5.15. The van der Waals surface area contributed by atoms with Gasteiger partial charge in [-0.25, -0.2) is 4.98 Å². The summed E-state index contributed by atoms with van der Waals surface area (Å²) in [7, 11) is 0. The van der Waals surface area contributed by atoms with Crippen molar-refractivity contribution >= 4 is 29.2 Å². The van der Waals surface area contributed by atoms with Gasteiger partial charge in [-0.3, -0.25) is 9.59 Å². The number of rotatable bonds is 9. The minimum atomic E-state index is -3.15. The molecule has 178 valence electrons. The van der Waals surface area contributed by atoms with Gasteiger partial charge in [0.2, 0.25) is 5.91 Å². The van der Waals surface area contributed by atoms with Gasteiger partial charge in [-0.2, -0.15) is 8.78 Å². The molecule has 0 fully saturated rings. The number of carbonyl (C=O) groups is 2. The molecule has 1 heterocycles. The Morgan fingerprint density at radius 3 is 2.45 bits per heavy atom. The van der Waals surface area contributed by atoms with Gasteiger partial charge >= 0.3 is 5.92 Å². The van der Waals surface area contributed by atoms with E-state index in [-0.39, 0.29) is 39.9 Å². The molecule has 1 unspecified atom stereocenters. The van der Waals surface area contributed by atoms with Crippen molar-refractivity contribution in [1.29, 1.82) is 0 Å². The van der Waals surface area contributed by atoms with E-state index in [2.05, 4.69) is 22.2 Å². The van der Waals surface area contributed by atoms with E-state index in [4.69, 9.17) is 16.3 Å². The molecule has 2 N–H and O–H groups in total. The fourth-order valence-corrected chi connectivity index (χ4v) is 3.07. The van der Waals surface area contributed by atoms with Gasteiger partial charge in [0.1, 0.15) is 11.6 Å². The van der Waals surface area contributed by atoms with Crippen molar-refractivity contribution in [3.63, 3.8) is 0 Å². The Morgan fingerprint density at radius 1 is 1.21 bits per heavy atom. The zero-order chi connectivity index (χ0) is 24.9. The SMILES string of the molecule is C=C(C)C(F)(F)COc1ccc(C(C)NC(=O)c2cc(C)nc(NC(=O)C(C)C)c2)c(Cl)c1. The van der Waals surface area contributed by atoms with Crippen molar-refractivity contribution in [2.75, 3.05) is 11.9 Å². The molecular formula is C24H28ClF2N3O3. The molecule has 1 aromatic carbocycles. The van der Waals surface area contributed by atoms with Crippen LogP contribution in [0.5, 0.6) is 5.75 Å². The standard InChI is InChI=1S/C24H28ClF2N3O3/c1-13(2)22(31)30-21-10-17(9-15(5)28-21)23(32)29-16(6)19-8-7-18(11-20(19)25)33-12-24(26,27)14(3)4/h7-11,13,16H,3,12H2,1-2,4-6H3,(H,29,32)(H,28,30,31). The molecule has 33 heavy (non-hydrogen) atoms. The molecule has 9 heteroatoms. The largest absolute Gasteiger partial charge is 0.487 e. The topological polar surface area (TPSA) is 80.3 Å². The lowest BCUT2D eigenvalue weighted by molar-refractivity contribution is -0.118. The summed E-state index contributed by atoms with van der Waals surface area (Å²) >= 11 is 6.31. The highest BCUT2D eigenvalue weighted by molar-refractivity contribution is 6.31. The highest BCUT2D eigenvalue weighted by atomic mass is 35.5. The molecule has 6 nitrogen and oxygen atoms in total. The van der Waals surface area contributed by atoms with Crippen LogP contribution in [0.15, 0.2) is 42.5 Å². The maximum atomic E-state index is 13.7. The Kier molecular flexibility index (Phi) is 8.55. The zero-order valence-corrected chi connectivity index (χ0v) is 20.0. The predicted molar refractivity (Wildman–Crippen MR) is 125 cm³/mol. The summed E-state index contributed by atoms with van der Waals surface area (Å²) in [4.78, 5) is 29.0. The van der Waals surface area contributed by atoms with E-state index >= 15 is 0 Å². The smallest absolute Gasteiger partial charge is 0.302 e. The Bertz CT molecular complexity index is 1060.